The highest BCUT2D eigenvalue weighted by molar-refractivity contribution is 6.32. The fourth-order valence-corrected chi connectivity index (χ4v) is 3.40. The number of likely N-dealkylation sites (N-methyl/N-ethyl adjacent to an activating group) is 1. The van der Waals surface area contributed by atoms with Crippen LogP contribution in [-0.4, -0.2) is 57.4 Å². The van der Waals surface area contributed by atoms with Crippen LogP contribution in [0.25, 0.3) is 0 Å². The molecule has 0 bridgehead atoms. The van der Waals surface area contributed by atoms with Crippen molar-refractivity contribution in [2.24, 2.45) is 0 Å². The zero-order valence-electron chi connectivity index (χ0n) is 17.5. The van der Waals surface area contributed by atoms with Gasteiger partial charge in [0.2, 0.25) is 0 Å². The summed E-state index contributed by atoms with van der Waals surface area (Å²) in [6.45, 7) is 8.34. The molecule has 30 heavy (non-hydrogen) atoms. The van der Waals surface area contributed by atoms with Crippen molar-refractivity contribution >= 4 is 23.2 Å². The van der Waals surface area contributed by atoms with Gasteiger partial charge in [0.05, 0.1) is 12.1 Å². The van der Waals surface area contributed by atoms with Crippen LogP contribution < -0.4 is 24.3 Å². The number of ether oxygens (including phenoxy) is 4. The average Bonchev–Trinajstić information content (AvgIpc) is 2.77. The van der Waals surface area contributed by atoms with Gasteiger partial charge in [0.25, 0.3) is 5.91 Å². The molecule has 1 amide bonds. The summed E-state index contributed by atoms with van der Waals surface area (Å²) in [7, 11) is 1.59. The topological polar surface area (TPSA) is 69.3 Å². The number of rotatable bonds is 9. The van der Waals surface area contributed by atoms with Gasteiger partial charge in [0.1, 0.15) is 19.8 Å². The lowest BCUT2D eigenvalue weighted by molar-refractivity contribution is 0.102. The first-order chi connectivity index (χ1) is 14.5. The monoisotopic (exact) mass is 434 g/mol. The molecule has 3 rings (SSSR count). The van der Waals surface area contributed by atoms with Gasteiger partial charge in [-0.3, -0.25) is 4.79 Å². The molecule has 1 heterocycles. The van der Waals surface area contributed by atoms with E-state index >= 15 is 0 Å². The van der Waals surface area contributed by atoms with Crippen molar-refractivity contribution in [2.75, 3.05) is 51.9 Å². The number of carbonyl (C=O) groups excluding carboxylic acids is 1. The number of halogens is 1. The third-order valence-corrected chi connectivity index (χ3v) is 5.12. The zero-order chi connectivity index (χ0) is 21.5. The van der Waals surface area contributed by atoms with Crippen LogP contribution in [0.1, 0.15) is 24.2 Å². The SMILES string of the molecule is CCN(CC)CCOc1cc(NC(=O)c2cc(Cl)c3c(c2)OCCO3)ccc1OC. The average molecular weight is 435 g/mol. The van der Waals surface area contributed by atoms with Crippen molar-refractivity contribution in [1.82, 2.24) is 4.90 Å². The Hall–Kier alpha value is -2.64. The van der Waals surface area contributed by atoms with E-state index in [1.54, 1.807) is 37.4 Å². The van der Waals surface area contributed by atoms with E-state index in [4.69, 9.17) is 30.5 Å². The number of carbonyl (C=O) groups is 1. The Morgan fingerprint density at radius 2 is 1.90 bits per heavy atom. The molecule has 0 spiro atoms. The Kier molecular flexibility index (Phi) is 7.65. The van der Waals surface area contributed by atoms with Crippen LogP contribution in [0.4, 0.5) is 5.69 Å². The van der Waals surface area contributed by atoms with Gasteiger partial charge < -0.3 is 29.2 Å². The smallest absolute Gasteiger partial charge is 0.255 e. The Bertz CT molecular complexity index is 886. The van der Waals surface area contributed by atoms with Crippen molar-refractivity contribution in [2.45, 2.75) is 13.8 Å². The summed E-state index contributed by atoms with van der Waals surface area (Å²) in [6, 6.07) is 8.46. The van der Waals surface area contributed by atoms with Crippen LogP contribution in [0, 0.1) is 0 Å². The predicted octanol–water partition coefficient (Wildman–Crippen LogP) is 4.09. The molecule has 0 atom stereocenters. The van der Waals surface area contributed by atoms with Crippen LogP contribution in [0.3, 0.4) is 0 Å². The lowest BCUT2D eigenvalue weighted by atomic mass is 10.1. The number of nitrogens with zero attached hydrogens (tertiary/aromatic N) is 1. The lowest BCUT2D eigenvalue weighted by Crippen LogP contribution is -2.28. The number of amides is 1. The summed E-state index contributed by atoms with van der Waals surface area (Å²) < 4.78 is 22.3. The van der Waals surface area contributed by atoms with E-state index in [2.05, 4.69) is 24.1 Å². The molecule has 162 valence electrons. The molecule has 0 radical (unpaired) electrons. The Morgan fingerprint density at radius 3 is 2.63 bits per heavy atom. The van der Waals surface area contributed by atoms with Gasteiger partial charge in [-0.1, -0.05) is 25.4 Å². The minimum atomic E-state index is -0.312. The third kappa shape index (κ3) is 5.29. The van der Waals surface area contributed by atoms with Gasteiger partial charge in [0, 0.05) is 23.9 Å². The quantitative estimate of drug-likeness (QED) is 0.641. The molecular weight excluding hydrogens is 408 g/mol. The van der Waals surface area contributed by atoms with E-state index in [9.17, 15) is 4.79 Å². The Balaban J connectivity index is 1.71. The summed E-state index contributed by atoms with van der Waals surface area (Å²) in [6.07, 6.45) is 0. The van der Waals surface area contributed by atoms with Crippen molar-refractivity contribution in [3.63, 3.8) is 0 Å². The number of hydrogen-bond donors (Lipinski definition) is 1. The molecular formula is C22H27ClN2O5. The lowest BCUT2D eigenvalue weighted by Gasteiger charge is -2.20. The number of anilines is 1. The molecule has 1 aliphatic rings. The summed E-state index contributed by atoms with van der Waals surface area (Å²) in [5.41, 5.74) is 0.966. The normalized spacial score (nSPS) is 12.6. The standard InChI is InChI=1S/C22H27ClN2O5/c1-4-25(5-2)8-9-28-19-14-16(6-7-18(19)27-3)24-22(26)15-12-17(23)21-20(13-15)29-10-11-30-21/h6-7,12-14H,4-5,8-11H2,1-3H3,(H,24,26). The van der Waals surface area contributed by atoms with E-state index in [-0.39, 0.29) is 5.91 Å². The molecule has 0 aromatic heterocycles. The Labute approximate surface area is 181 Å². The van der Waals surface area contributed by atoms with E-state index < -0.39 is 0 Å². The van der Waals surface area contributed by atoms with Crippen molar-refractivity contribution in [1.29, 1.82) is 0 Å². The van der Waals surface area contributed by atoms with Gasteiger partial charge in [0.15, 0.2) is 23.0 Å². The summed E-state index contributed by atoms with van der Waals surface area (Å²) in [5.74, 6) is 1.80. The molecule has 0 saturated heterocycles. The maximum atomic E-state index is 12.8. The number of hydrogen-bond acceptors (Lipinski definition) is 6. The summed E-state index contributed by atoms with van der Waals surface area (Å²) >= 11 is 6.24. The van der Waals surface area contributed by atoms with Crippen molar-refractivity contribution in [3.8, 4) is 23.0 Å². The number of nitrogens with one attached hydrogen (secondary N) is 1. The molecule has 1 N–H and O–H groups in total. The highest BCUT2D eigenvalue weighted by atomic mass is 35.5. The van der Waals surface area contributed by atoms with Crippen molar-refractivity contribution < 1.29 is 23.7 Å². The van der Waals surface area contributed by atoms with E-state index in [0.717, 1.165) is 19.6 Å². The largest absolute Gasteiger partial charge is 0.493 e. The molecule has 0 aliphatic carbocycles. The van der Waals surface area contributed by atoms with Crippen LogP contribution in [-0.2, 0) is 0 Å². The predicted molar refractivity (Wildman–Crippen MR) is 117 cm³/mol. The maximum Gasteiger partial charge on any atom is 0.255 e. The van der Waals surface area contributed by atoms with Crippen LogP contribution >= 0.6 is 11.6 Å². The van der Waals surface area contributed by atoms with Crippen LogP contribution in [0.15, 0.2) is 30.3 Å². The fraction of sp³-hybridized carbons (Fsp3) is 0.409. The molecule has 8 heteroatoms. The molecule has 2 aromatic rings. The second-order valence-electron chi connectivity index (χ2n) is 6.68. The first-order valence-corrected chi connectivity index (χ1v) is 10.4. The highest BCUT2D eigenvalue weighted by Crippen LogP contribution is 2.38. The fourth-order valence-electron chi connectivity index (χ4n) is 3.14. The van der Waals surface area contributed by atoms with E-state index in [0.29, 0.717) is 59.1 Å². The highest BCUT2D eigenvalue weighted by Gasteiger charge is 2.19. The third-order valence-electron chi connectivity index (χ3n) is 4.84. The minimum Gasteiger partial charge on any atom is -0.493 e. The molecule has 2 aromatic carbocycles. The van der Waals surface area contributed by atoms with Crippen molar-refractivity contribution in [3.05, 3.63) is 40.9 Å². The minimum absolute atomic E-state index is 0.312. The number of methoxy groups -OCH3 is 1. The first-order valence-electron chi connectivity index (χ1n) is 9.99. The van der Waals surface area contributed by atoms with E-state index in [1.165, 1.54) is 0 Å². The van der Waals surface area contributed by atoms with Crippen LogP contribution in [0.5, 0.6) is 23.0 Å². The van der Waals surface area contributed by atoms with Gasteiger partial charge >= 0.3 is 0 Å². The Morgan fingerprint density at radius 1 is 1.13 bits per heavy atom. The zero-order valence-corrected chi connectivity index (χ0v) is 18.3. The molecule has 0 saturated carbocycles. The number of fused-ring (bicyclic) bond motifs is 1. The van der Waals surface area contributed by atoms with Gasteiger partial charge in [-0.2, -0.15) is 0 Å². The van der Waals surface area contributed by atoms with Gasteiger partial charge in [-0.25, -0.2) is 0 Å². The summed E-state index contributed by atoms with van der Waals surface area (Å²) in [4.78, 5) is 15.0. The van der Waals surface area contributed by atoms with E-state index in [1.807, 2.05) is 0 Å². The summed E-state index contributed by atoms with van der Waals surface area (Å²) in [5, 5.41) is 3.21. The molecule has 1 aliphatic heterocycles. The maximum absolute atomic E-state index is 12.8. The second-order valence-corrected chi connectivity index (χ2v) is 7.08. The molecule has 0 unspecified atom stereocenters. The van der Waals surface area contributed by atoms with Gasteiger partial charge in [-0.15, -0.1) is 0 Å². The molecule has 7 nitrogen and oxygen atoms in total. The molecule has 0 fully saturated rings. The second kappa shape index (κ2) is 10.4. The number of benzene rings is 2. The van der Waals surface area contributed by atoms with Crippen LogP contribution in [0.2, 0.25) is 5.02 Å². The first kappa shape index (κ1) is 22.1. The van der Waals surface area contributed by atoms with Gasteiger partial charge in [-0.05, 0) is 37.4 Å².